The van der Waals surface area contributed by atoms with E-state index in [1.54, 1.807) is 12.1 Å². The SMILES string of the molecule is CCOc1cccc(CNC(=O)CCc2ccc(Cl)cc2Cl)c1. The summed E-state index contributed by atoms with van der Waals surface area (Å²) in [5.41, 5.74) is 1.93. The highest BCUT2D eigenvalue weighted by Gasteiger charge is 2.06. The molecule has 2 rings (SSSR count). The van der Waals surface area contributed by atoms with Crippen molar-refractivity contribution in [2.75, 3.05) is 6.61 Å². The summed E-state index contributed by atoms with van der Waals surface area (Å²) in [7, 11) is 0. The Morgan fingerprint density at radius 3 is 2.74 bits per heavy atom. The molecule has 0 aliphatic heterocycles. The summed E-state index contributed by atoms with van der Waals surface area (Å²) in [5, 5.41) is 4.09. The highest BCUT2D eigenvalue weighted by atomic mass is 35.5. The van der Waals surface area contributed by atoms with Crippen LogP contribution in [0.1, 0.15) is 24.5 Å². The minimum Gasteiger partial charge on any atom is -0.494 e. The molecule has 0 saturated heterocycles. The van der Waals surface area contributed by atoms with Crippen LogP contribution in [0.3, 0.4) is 0 Å². The van der Waals surface area contributed by atoms with Crippen LogP contribution in [0, 0.1) is 0 Å². The van der Waals surface area contributed by atoms with Crippen molar-refractivity contribution in [2.24, 2.45) is 0 Å². The number of nitrogens with one attached hydrogen (secondary N) is 1. The van der Waals surface area contributed by atoms with Gasteiger partial charge < -0.3 is 10.1 Å². The van der Waals surface area contributed by atoms with Crippen LogP contribution in [0.5, 0.6) is 5.75 Å². The van der Waals surface area contributed by atoms with E-state index in [0.29, 0.717) is 36.0 Å². The third-order valence-corrected chi connectivity index (χ3v) is 3.92. The van der Waals surface area contributed by atoms with E-state index in [2.05, 4.69) is 5.32 Å². The second-order valence-corrected chi connectivity index (χ2v) is 5.94. The van der Waals surface area contributed by atoms with Gasteiger partial charge in [-0.05, 0) is 48.7 Å². The molecule has 3 nitrogen and oxygen atoms in total. The molecule has 0 fully saturated rings. The highest BCUT2D eigenvalue weighted by molar-refractivity contribution is 6.35. The average Bonchev–Trinajstić information content (AvgIpc) is 2.53. The number of amides is 1. The van der Waals surface area contributed by atoms with Crippen molar-refractivity contribution in [3.63, 3.8) is 0 Å². The molecule has 0 aliphatic rings. The van der Waals surface area contributed by atoms with E-state index in [1.807, 2.05) is 37.3 Å². The smallest absolute Gasteiger partial charge is 0.220 e. The number of benzene rings is 2. The monoisotopic (exact) mass is 351 g/mol. The molecule has 0 spiro atoms. The van der Waals surface area contributed by atoms with Gasteiger partial charge in [0.2, 0.25) is 5.91 Å². The lowest BCUT2D eigenvalue weighted by Crippen LogP contribution is -2.23. The Morgan fingerprint density at radius 2 is 2.00 bits per heavy atom. The number of rotatable bonds is 7. The van der Waals surface area contributed by atoms with E-state index < -0.39 is 0 Å². The summed E-state index contributed by atoms with van der Waals surface area (Å²) in [6.07, 6.45) is 0.966. The molecule has 5 heteroatoms. The van der Waals surface area contributed by atoms with Crippen LogP contribution in [0.4, 0.5) is 0 Å². The third-order valence-electron chi connectivity index (χ3n) is 3.34. The minimum absolute atomic E-state index is 0.0159. The van der Waals surface area contributed by atoms with Crippen molar-refractivity contribution in [2.45, 2.75) is 26.3 Å². The van der Waals surface area contributed by atoms with Crippen LogP contribution in [-0.2, 0) is 17.8 Å². The van der Waals surface area contributed by atoms with E-state index in [0.717, 1.165) is 16.9 Å². The van der Waals surface area contributed by atoms with Crippen LogP contribution in [0.2, 0.25) is 10.0 Å². The number of hydrogen-bond acceptors (Lipinski definition) is 2. The molecule has 0 aliphatic carbocycles. The van der Waals surface area contributed by atoms with Gasteiger partial charge in [0, 0.05) is 23.0 Å². The van der Waals surface area contributed by atoms with E-state index in [1.165, 1.54) is 0 Å². The zero-order chi connectivity index (χ0) is 16.7. The van der Waals surface area contributed by atoms with Crippen LogP contribution in [-0.4, -0.2) is 12.5 Å². The lowest BCUT2D eigenvalue weighted by Gasteiger charge is -2.08. The second-order valence-electron chi connectivity index (χ2n) is 5.09. The molecule has 2 aromatic carbocycles. The highest BCUT2D eigenvalue weighted by Crippen LogP contribution is 2.22. The Bertz CT molecular complexity index is 674. The minimum atomic E-state index is -0.0159. The fraction of sp³-hybridized carbons (Fsp3) is 0.278. The van der Waals surface area contributed by atoms with Crippen molar-refractivity contribution in [3.05, 3.63) is 63.6 Å². The molecule has 2 aromatic rings. The van der Waals surface area contributed by atoms with Gasteiger partial charge in [0.05, 0.1) is 6.61 Å². The number of carbonyl (C=O) groups is 1. The number of carbonyl (C=O) groups excluding carboxylic acids is 1. The fourth-order valence-electron chi connectivity index (χ4n) is 2.17. The second kappa shape index (κ2) is 8.80. The Balaban J connectivity index is 1.82. The summed E-state index contributed by atoms with van der Waals surface area (Å²) in [5.74, 6) is 0.796. The van der Waals surface area contributed by atoms with Gasteiger partial charge >= 0.3 is 0 Å². The maximum Gasteiger partial charge on any atom is 0.220 e. The standard InChI is InChI=1S/C18H19Cl2NO2/c1-2-23-16-5-3-4-13(10-16)12-21-18(22)9-7-14-6-8-15(19)11-17(14)20/h3-6,8,10-11H,2,7,9,12H2,1H3,(H,21,22). The summed E-state index contributed by atoms with van der Waals surface area (Å²) >= 11 is 12.0. The Morgan fingerprint density at radius 1 is 1.17 bits per heavy atom. The van der Waals surface area contributed by atoms with Crippen molar-refractivity contribution >= 4 is 29.1 Å². The van der Waals surface area contributed by atoms with Crippen LogP contribution in [0.25, 0.3) is 0 Å². The van der Waals surface area contributed by atoms with Crippen molar-refractivity contribution in [1.82, 2.24) is 5.32 Å². The van der Waals surface area contributed by atoms with Crippen LogP contribution < -0.4 is 10.1 Å². The molecule has 0 atom stereocenters. The summed E-state index contributed by atoms with van der Waals surface area (Å²) < 4.78 is 5.44. The van der Waals surface area contributed by atoms with E-state index in [9.17, 15) is 4.79 Å². The van der Waals surface area contributed by atoms with E-state index in [4.69, 9.17) is 27.9 Å². The van der Waals surface area contributed by atoms with Gasteiger partial charge in [0.1, 0.15) is 5.75 Å². The van der Waals surface area contributed by atoms with Gasteiger partial charge in [0.25, 0.3) is 0 Å². The normalized spacial score (nSPS) is 10.4. The molecule has 0 bridgehead atoms. The zero-order valence-electron chi connectivity index (χ0n) is 12.9. The van der Waals surface area contributed by atoms with Gasteiger partial charge in [-0.1, -0.05) is 41.4 Å². The first-order valence-corrected chi connectivity index (χ1v) is 8.26. The van der Waals surface area contributed by atoms with Gasteiger partial charge in [-0.25, -0.2) is 0 Å². The lowest BCUT2D eigenvalue weighted by molar-refractivity contribution is -0.121. The lowest BCUT2D eigenvalue weighted by atomic mass is 10.1. The van der Waals surface area contributed by atoms with Gasteiger partial charge in [-0.3, -0.25) is 4.79 Å². The molecule has 1 N–H and O–H groups in total. The average molecular weight is 352 g/mol. The molecule has 0 saturated carbocycles. The molecule has 0 aromatic heterocycles. The van der Waals surface area contributed by atoms with Crippen molar-refractivity contribution < 1.29 is 9.53 Å². The topological polar surface area (TPSA) is 38.3 Å². The van der Waals surface area contributed by atoms with Gasteiger partial charge in [0.15, 0.2) is 0 Å². The van der Waals surface area contributed by atoms with E-state index in [-0.39, 0.29) is 5.91 Å². The summed E-state index contributed by atoms with van der Waals surface area (Å²) in [6, 6.07) is 13.0. The molecule has 122 valence electrons. The Hall–Kier alpha value is -1.71. The number of halogens is 2. The molecule has 0 radical (unpaired) electrons. The zero-order valence-corrected chi connectivity index (χ0v) is 14.5. The number of aryl methyl sites for hydroxylation is 1. The molecule has 1 amide bonds. The maximum atomic E-state index is 12.0. The third kappa shape index (κ3) is 5.77. The van der Waals surface area contributed by atoms with Gasteiger partial charge in [-0.2, -0.15) is 0 Å². The maximum absolute atomic E-state index is 12.0. The molecule has 0 unspecified atom stereocenters. The first-order chi connectivity index (χ1) is 11.1. The number of hydrogen-bond donors (Lipinski definition) is 1. The fourth-order valence-corrected chi connectivity index (χ4v) is 2.68. The first-order valence-electron chi connectivity index (χ1n) is 7.51. The number of ether oxygens (including phenoxy) is 1. The van der Waals surface area contributed by atoms with Crippen LogP contribution in [0.15, 0.2) is 42.5 Å². The van der Waals surface area contributed by atoms with Crippen molar-refractivity contribution in [1.29, 1.82) is 0 Å². The Kier molecular flexibility index (Phi) is 6.75. The summed E-state index contributed by atoms with van der Waals surface area (Å²) in [6.45, 7) is 3.04. The van der Waals surface area contributed by atoms with Gasteiger partial charge in [-0.15, -0.1) is 0 Å². The molecule has 23 heavy (non-hydrogen) atoms. The molecule has 0 heterocycles. The molecular weight excluding hydrogens is 333 g/mol. The molecular formula is C18H19Cl2NO2. The first kappa shape index (κ1) is 17.6. The van der Waals surface area contributed by atoms with Crippen LogP contribution >= 0.6 is 23.2 Å². The predicted molar refractivity (Wildman–Crippen MR) is 94.2 cm³/mol. The summed E-state index contributed by atoms with van der Waals surface area (Å²) in [4.78, 5) is 12.0. The largest absolute Gasteiger partial charge is 0.494 e. The quantitative estimate of drug-likeness (QED) is 0.788. The van der Waals surface area contributed by atoms with E-state index >= 15 is 0 Å². The Labute approximate surface area is 146 Å². The predicted octanol–water partition coefficient (Wildman–Crippen LogP) is 4.64. The van der Waals surface area contributed by atoms with Crippen molar-refractivity contribution in [3.8, 4) is 5.75 Å².